The van der Waals surface area contributed by atoms with Crippen molar-refractivity contribution < 1.29 is 14.3 Å². The standard InChI is InChI=1S/C19H16ClN3O3S/c1-12-10-13(20)6-7-16(12)26-11-17(24)22-15-5-3-2-4-14(15)18(25)23-19-21-8-9-27-19/h2-10H,11H2,1H3,(H,22,24)(H,21,23,25). The molecule has 8 heteroatoms. The first kappa shape index (κ1) is 18.9. The zero-order valence-electron chi connectivity index (χ0n) is 14.4. The Bertz CT molecular complexity index is 961. The van der Waals surface area contributed by atoms with Gasteiger partial charge in [0, 0.05) is 16.6 Å². The number of benzene rings is 2. The average molecular weight is 402 g/mol. The molecule has 0 atom stereocenters. The molecule has 2 aromatic carbocycles. The topological polar surface area (TPSA) is 80.3 Å². The molecule has 6 nitrogen and oxygen atoms in total. The zero-order valence-corrected chi connectivity index (χ0v) is 15.9. The molecule has 0 unspecified atom stereocenters. The molecule has 2 N–H and O–H groups in total. The highest BCUT2D eigenvalue weighted by Gasteiger charge is 2.14. The molecule has 0 aliphatic carbocycles. The normalized spacial score (nSPS) is 10.3. The van der Waals surface area contributed by atoms with Crippen LogP contribution in [0.25, 0.3) is 0 Å². The maximum Gasteiger partial charge on any atom is 0.262 e. The van der Waals surface area contributed by atoms with E-state index in [0.717, 1.165) is 5.56 Å². The molecule has 0 bridgehead atoms. The number of para-hydroxylation sites is 1. The van der Waals surface area contributed by atoms with Crippen LogP contribution in [-0.2, 0) is 4.79 Å². The Balaban J connectivity index is 1.64. The molecule has 0 fully saturated rings. The van der Waals surface area contributed by atoms with Crippen LogP contribution >= 0.6 is 22.9 Å². The Morgan fingerprint density at radius 3 is 2.74 bits per heavy atom. The van der Waals surface area contributed by atoms with Gasteiger partial charge in [0.15, 0.2) is 11.7 Å². The van der Waals surface area contributed by atoms with Crippen molar-refractivity contribution in [2.24, 2.45) is 0 Å². The van der Waals surface area contributed by atoms with E-state index in [2.05, 4.69) is 15.6 Å². The minimum Gasteiger partial charge on any atom is -0.483 e. The van der Waals surface area contributed by atoms with Gasteiger partial charge in [-0.2, -0.15) is 0 Å². The second-order valence-corrected chi connectivity index (χ2v) is 6.91. The van der Waals surface area contributed by atoms with Crippen LogP contribution < -0.4 is 15.4 Å². The highest BCUT2D eigenvalue weighted by Crippen LogP contribution is 2.22. The number of rotatable bonds is 6. The van der Waals surface area contributed by atoms with Gasteiger partial charge in [0.05, 0.1) is 11.3 Å². The maximum absolute atomic E-state index is 12.4. The number of hydrogen-bond acceptors (Lipinski definition) is 5. The van der Waals surface area contributed by atoms with Gasteiger partial charge in [-0.1, -0.05) is 23.7 Å². The van der Waals surface area contributed by atoms with Crippen molar-refractivity contribution in [1.82, 2.24) is 4.98 Å². The van der Waals surface area contributed by atoms with Crippen LogP contribution in [0, 0.1) is 6.92 Å². The third-order valence-electron chi connectivity index (χ3n) is 3.59. The second kappa shape index (κ2) is 8.66. The van der Waals surface area contributed by atoms with Gasteiger partial charge < -0.3 is 10.1 Å². The lowest BCUT2D eigenvalue weighted by Crippen LogP contribution is -2.23. The maximum atomic E-state index is 12.4. The predicted molar refractivity (Wildman–Crippen MR) is 107 cm³/mol. The smallest absolute Gasteiger partial charge is 0.262 e. The summed E-state index contributed by atoms with van der Waals surface area (Å²) < 4.78 is 5.53. The van der Waals surface area contributed by atoms with E-state index in [9.17, 15) is 9.59 Å². The van der Waals surface area contributed by atoms with Crippen molar-refractivity contribution in [2.45, 2.75) is 6.92 Å². The number of nitrogens with one attached hydrogen (secondary N) is 2. The lowest BCUT2D eigenvalue weighted by atomic mass is 10.1. The van der Waals surface area contributed by atoms with Crippen LogP contribution in [0.4, 0.5) is 10.8 Å². The number of carbonyl (C=O) groups is 2. The molecule has 0 aliphatic heterocycles. The molecule has 0 spiro atoms. The summed E-state index contributed by atoms with van der Waals surface area (Å²) in [6, 6.07) is 11.9. The van der Waals surface area contributed by atoms with E-state index in [1.54, 1.807) is 54.0 Å². The van der Waals surface area contributed by atoms with E-state index in [4.69, 9.17) is 16.3 Å². The molecule has 2 amide bonds. The van der Waals surface area contributed by atoms with Crippen LogP contribution in [-0.4, -0.2) is 23.4 Å². The Kier molecular flexibility index (Phi) is 6.05. The summed E-state index contributed by atoms with van der Waals surface area (Å²) in [5.74, 6) is -0.154. The summed E-state index contributed by atoms with van der Waals surface area (Å²) in [7, 11) is 0. The number of nitrogens with zero attached hydrogens (tertiary/aromatic N) is 1. The van der Waals surface area contributed by atoms with Crippen LogP contribution in [0.15, 0.2) is 54.0 Å². The first-order chi connectivity index (χ1) is 13.0. The number of ether oxygens (including phenoxy) is 1. The number of halogens is 1. The van der Waals surface area contributed by atoms with Gasteiger partial charge in [0.1, 0.15) is 5.75 Å². The average Bonchev–Trinajstić information content (AvgIpc) is 3.14. The summed E-state index contributed by atoms with van der Waals surface area (Å²) in [5, 5.41) is 8.25. The van der Waals surface area contributed by atoms with Gasteiger partial charge in [-0.3, -0.25) is 14.9 Å². The first-order valence-corrected chi connectivity index (χ1v) is 9.27. The first-order valence-electron chi connectivity index (χ1n) is 8.01. The molecule has 1 heterocycles. The van der Waals surface area contributed by atoms with Gasteiger partial charge in [0.2, 0.25) is 0 Å². The fraction of sp³-hybridized carbons (Fsp3) is 0.105. The summed E-state index contributed by atoms with van der Waals surface area (Å²) >= 11 is 7.22. The molecule has 1 aromatic heterocycles. The molecule has 0 radical (unpaired) electrons. The van der Waals surface area contributed by atoms with E-state index >= 15 is 0 Å². The predicted octanol–water partition coefficient (Wildman–Crippen LogP) is 4.37. The minimum absolute atomic E-state index is 0.190. The molecule has 0 saturated carbocycles. The number of thiazole rings is 1. The van der Waals surface area contributed by atoms with Gasteiger partial charge in [-0.15, -0.1) is 11.3 Å². The highest BCUT2D eigenvalue weighted by molar-refractivity contribution is 7.13. The van der Waals surface area contributed by atoms with Crippen LogP contribution in [0.2, 0.25) is 5.02 Å². The van der Waals surface area contributed by atoms with E-state index in [0.29, 0.717) is 27.2 Å². The molecular formula is C19H16ClN3O3S. The fourth-order valence-electron chi connectivity index (χ4n) is 2.34. The molecule has 27 heavy (non-hydrogen) atoms. The number of carbonyl (C=O) groups excluding carboxylic acids is 2. The van der Waals surface area contributed by atoms with Crippen molar-refractivity contribution >= 4 is 45.6 Å². The summed E-state index contributed by atoms with van der Waals surface area (Å²) in [6.07, 6.45) is 1.60. The van der Waals surface area contributed by atoms with Crippen LogP contribution in [0.5, 0.6) is 5.75 Å². The SMILES string of the molecule is Cc1cc(Cl)ccc1OCC(=O)Nc1ccccc1C(=O)Nc1nccs1. The quantitative estimate of drug-likeness (QED) is 0.642. The molecule has 3 rings (SSSR count). The Labute approximate surface area is 165 Å². The van der Waals surface area contributed by atoms with Gasteiger partial charge in [-0.05, 0) is 42.8 Å². The number of anilines is 2. The Morgan fingerprint density at radius 2 is 2.00 bits per heavy atom. The third kappa shape index (κ3) is 5.06. The van der Waals surface area contributed by atoms with Crippen molar-refractivity contribution in [3.8, 4) is 5.75 Å². The van der Waals surface area contributed by atoms with Gasteiger partial charge in [-0.25, -0.2) is 4.98 Å². The lowest BCUT2D eigenvalue weighted by molar-refractivity contribution is -0.118. The zero-order chi connectivity index (χ0) is 19.2. The van der Waals surface area contributed by atoms with Crippen molar-refractivity contribution in [1.29, 1.82) is 0 Å². The van der Waals surface area contributed by atoms with Crippen molar-refractivity contribution in [3.63, 3.8) is 0 Å². The molecule has 0 saturated heterocycles. The van der Waals surface area contributed by atoms with E-state index in [1.165, 1.54) is 11.3 Å². The summed E-state index contributed by atoms with van der Waals surface area (Å²) in [4.78, 5) is 28.7. The largest absolute Gasteiger partial charge is 0.483 e. The summed E-state index contributed by atoms with van der Waals surface area (Å²) in [5.41, 5.74) is 1.57. The van der Waals surface area contributed by atoms with E-state index < -0.39 is 0 Å². The Morgan fingerprint density at radius 1 is 1.19 bits per heavy atom. The molecule has 3 aromatic rings. The van der Waals surface area contributed by atoms with Crippen molar-refractivity contribution in [3.05, 3.63) is 70.2 Å². The van der Waals surface area contributed by atoms with Crippen molar-refractivity contribution in [2.75, 3.05) is 17.2 Å². The van der Waals surface area contributed by atoms with Crippen LogP contribution in [0.3, 0.4) is 0 Å². The Hall–Kier alpha value is -2.90. The second-order valence-electron chi connectivity index (χ2n) is 5.58. The molecule has 138 valence electrons. The number of amides is 2. The molecular weight excluding hydrogens is 386 g/mol. The van der Waals surface area contributed by atoms with E-state index in [-0.39, 0.29) is 18.4 Å². The third-order valence-corrected chi connectivity index (χ3v) is 4.52. The van der Waals surface area contributed by atoms with Crippen LogP contribution in [0.1, 0.15) is 15.9 Å². The number of aryl methyl sites for hydroxylation is 1. The number of hydrogen-bond donors (Lipinski definition) is 2. The van der Waals surface area contributed by atoms with Gasteiger partial charge >= 0.3 is 0 Å². The monoisotopic (exact) mass is 401 g/mol. The summed E-state index contributed by atoms with van der Waals surface area (Å²) in [6.45, 7) is 1.66. The fourth-order valence-corrected chi connectivity index (χ4v) is 3.09. The molecule has 0 aliphatic rings. The van der Waals surface area contributed by atoms with E-state index in [1.807, 2.05) is 6.92 Å². The van der Waals surface area contributed by atoms with Gasteiger partial charge in [0.25, 0.3) is 11.8 Å². The lowest BCUT2D eigenvalue weighted by Gasteiger charge is -2.12. The highest BCUT2D eigenvalue weighted by atomic mass is 35.5. The number of aromatic nitrogens is 1. The minimum atomic E-state index is -0.376.